The van der Waals surface area contributed by atoms with Gasteiger partial charge in [-0.2, -0.15) is 0 Å². The van der Waals surface area contributed by atoms with Crippen LogP contribution in [0.5, 0.6) is 0 Å². The highest BCUT2D eigenvalue weighted by Crippen LogP contribution is 2.28. The smallest absolute Gasteiger partial charge is 0.295 e. The number of nitrogens with one attached hydrogen (secondary N) is 1. The average Bonchev–Trinajstić information content (AvgIpc) is 2.30. The van der Waals surface area contributed by atoms with Crippen molar-refractivity contribution in [3.05, 3.63) is 64.0 Å². The third kappa shape index (κ3) is 3.01. The Kier molecular flexibility index (Phi) is 3.37. The van der Waals surface area contributed by atoms with Crippen molar-refractivity contribution >= 4 is 17.1 Å². The van der Waals surface area contributed by atoms with Gasteiger partial charge in [-0.25, -0.2) is 13.2 Å². The maximum Gasteiger partial charge on any atom is 0.295 e. The van der Waals surface area contributed by atoms with Crippen molar-refractivity contribution in [2.75, 3.05) is 5.32 Å². The van der Waals surface area contributed by atoms with Crippen LogP contribution in [0.4, 0.5) is 30.2 Å². The molecule has 0 atom stereocenters. The zero-order chi connectivity index (χ0) is 14.0. The summed E-state index contributed by atoms with van der Waals surface area (Å²) in [5.41, 5.74) is -0.590. The molecule has 4 nitrogen and oxygen atoms in total. The lowest BCUT2D eigenvalue weighted by Gasteiger charge is -2.07. The van der Waals surface area contributed by atoms with Crippen LogP contribution in [-0.2, 0) is 0 Å². The van der Waals surface area contributed by atoms with Crippen molar-refractivity contribution < 1.29 is 18.1 Å². The number of nitro benzene ring substituents is 1. The van der Waals surface area contributed by atoms with E-state index in [-0.39, 0.29) is 11.4 Å². The number of benzene rings is 2. The van der Waals surface area contributed by atoms with E-state index in [1.54, 1.807) is 0 Å². The Morgan fingerprint density at radius 2 is 1.58 bits per heavy atom. The first kappa shape index (κ1) is 12.9. The highest BCUT2D eigenvalue weighted by atomic mass is 19.1. The van der Waals surface area contributed by atoms with Gasteiger partial charge in [-0.1, -0.05) is 0 Å². The Bertz CT molecular complexity index is 627. The fourth-order valence-electron chi connectivity index (χ4n) is 1.54. The summed E-state index contributed by atoms with van der Waals surface area (Å²) in [5.74, 6) is -2.43. The van der Waals surface area contributed by atoms with Crippen molar-refractivity contribution in [3.63, 3.8) is 0 Å². The topological polar surface area (TPSA) is 55.2 Å². The summed E-state index contributed by atoms with van der Waals surface area (Å²) in [6, 6.07) is 5.45. The van der Waals surface area contributed by atoms with Gasteiger partial charge in [-0.15, -0.1) is 0 Å². The quantitative estimate of drug-likeness (QED) is 0.681. The highest BCUT2D eigenvalue weighted by Gasteiger charge is 2.15. The molecule has 0 amide bonds. The molecule has 0 saturated carbocycles. The van der Waals surface area contributed by atoms with E-state index in [0.717, 1.165) is 30.3 Å². The second-order valence-electron chi connectivity index (χ2n) is 3.70. The number of halogens is 3. The van der Waals surface area contributed by atoms with Crippen LogP contribution >= 0.6 is 0 Å². The number of nitrogens with zero attached hydrogens (tertiary/aromatic N) is 1. The Balaban J connectivity index is 2.40. The summed E-state index contributed by atoms with van der Waals surface area (Å²) in [5, 5.41) is 13.2. The van der Waals surface area contributed by atoms with Gasteiger partial charge in [0.2, 0.25) is 0 Å². The molecule has 0 aliphatic heterocycles. The lowest BCUT2D eigenvalue weighted by Crippen LogP contribution is -1.98. The lowest BCUT2D eigenvalue weighted by molar-refractivity contribution is -0.384. The number of hydrogen-bond donors (Lipinski definition) is 1. The fourth-order valence-corrected chi connectivity index (χ4v) is 1.54. The summed E-state index contributed by atoms with van der Waals surface area (Å²) < 4.78 is 38.9. The average molecular weight is 268 g/mol. The van der Waals surface area contributed by atoms with Gasteiger partial charge in [-0.05, 0) is 24.3 Å². The molecule has 7 heteroatoms. The minimum absolute atomic E-state index is 0.00721. The molecule has 0 aromatic heterocycles. The van der Waals surface area contributed by atoms with Crippen molar-refractivity contribution in [3.8, 4) is 0 Å². The van der Waals surface area contributed by atoms with Gasteiger partial charge in [-0.3, -0.25) is 10.1 Å². The highest BCUT2D eigenvalue weighted by molar-refractivity contribution is 5.69. The summed E-state index contributed by atoms with van der Waals surface area (Å²) in [6.45, 7) is 0. The summed E-state index contributed by atoms with van der Waals surface area (Å²) in [6.07, 6.45) is 0. The molecule has 0 radical (unpaired) electrons. The van der Waals surface area contributed by atoms with Crippen molar-refractivity contribution in [2.45, 2.75) is 0 Å². The number of hydrogen-bond acceptors (Lipinski definition) is 3. The number of rotatable bonds is 3. The van der Waals surface area contributed by atoms with Gasteiger partial charge in [0.15, 0.2) is 0 Å². The molecule has 0 spiro atoms. The SMILES string of the molecule is O=[N+]([O-])c1cc(F)ccc1Nc1cc(F)cc(F)c1. The molecule has 0 aliphatic rings. The molecule has 19 heavy (non-hydrogen) atoms. The van der Waals surface area contributed by atoms with Crippen LogP contribution in [-0.4, -0.2) is 4.92 Å². The zero-order valence-electron chi connectivity index (χ0n) is 9.36. The summed E-state index contributed by atoms with van der Waals surface area (Å²) in [7, 11) is 0. The molecule has 2 rings (SSSR count). The van der Waals surface area contributed by atoms with E-state index in [1.165, 1.54) is 0 Å². The molecule has 0 heterocycles. The van der Waals surface area contributed by atoms with E-state index in [4.69, 9.17) is 0 Å². The molecule has 2 aromatic rings. The molecule has 0 aliphatic carbocycles. The van der Waals surface area contributed by atoms with E-state index in [0.29, 0.717) is 6.07 Å². The van der Waals surface area contributed by atoms with E-state index >= 15 is 0 Å². The predicted molar refractivity (Wildman–Crippen MR) is 62.7 cm³/mol. The normalized spacial score (nSPS) is 10.3. The van der Waals surface area contributed by atoms with Crippen LogP contribution in [0.2, 0.25) is 0 Å². The van der Waals surface area contributed by atoms with Crippen molar-refractivity contribution in [1.82, 2.24) is 0 Å². The Morgan fingerprint density at radius 1 is 0.947 bits per heavy atom. The molecule has 0 bridgehead atoms. The van der Waals surface area contributed by atoms with Crippen LogP contribution in [0.25, 0.3) is 0 Å². The van der Waals surface area contributed by atoms with Crippen LogP contribution < -0.4 is 5.32 Å². The summed E-state index contributed by atoms with van der Waals surface area (Å²) >= 11 is 0. The first-order chi connectivity index (χ1) is 8.95. The molecule has 2 aromatic carbocycles. The van der Waals surface area contributed by atoms with Gasteiger partial charge in [0.05, 0.1) is 11.0 Å². The molecule has 1 N–H and O–H groups in total. The van der Waals surface area contributed by atoms with Gasteiger partial charge in [0.1, 0.15) is 23.1 Å². The Hall–Kier alpha value is -2.57. The minimum Gasteiger partial charge on any atom is -0.350 e. The first-order valence-electron chi connectivity index (χ1n) is 5.13. The van der Waals surface area contributed by atoms with Crippen LogP contribution in [0, 0.1) is 27.6 Å². The van der Waals surface area contributed by atoms with E-state index in [2.05, 4.69) is 5.32 Å². The third-order valence-corrected chi connectivity index (χ3v) is 2.30. The molecular weight excluding hydrogens is 261 g/mol. The summed E-state index contributed by atoms with van der Waals surface area (Å²) in [4.78, 5) is 9.96. The maximum atomic E-state index is 13.0. The minimum atomic E-state index is -0.827. The fraction of sp³-hybridized carbons (Fsp3) is 0. The monoisotopic (exact) mass is 268 g/mol. The first-order valence-corrected chi connectivity index (χ1v) is 5.13. The lowest BCUT2D eigenvalue weighted by atomic mass is 10.2. The standard InChI is InChI=1S/C12H7F3N2O2/c13-7-1-2-11(12(6-7)17(18)19)16-10-4-8(14)3-9(15)5-10/h1-6,16H. The molecule has 0 unspecified atom stereocenters. The molecular formula is C12H7F3N2O2. The van der Waals surface area contributed by atoms with Crippen LogP contribution in [0.15, 0.2) is 36.4 Å². The largest absolute Gasteiger partial charge is 0.350 e. The van der Waals surface area contributed by atoms with E-state index in [1.807, 2.05) is 0 Å². The van der Waals surface area contributed by atoms with Gasteiger partial charge < -0.3 is 5.32 Å². The Labute approximate surface area is 105 Å². The number of anilines is 2. The number of nitro groups is 1. The third-order valence-electron chi connectivity index (χ3n) is 2.30. The van der Waals surface area contributed by atoms with Gasteiger partial charge >= 0.3 is 0 Å². The maximum absolute atomic E-state index is 13.0. The molecule has 0 saturated heterocycles. The Morgan fingerprint density at radius 3 is 2.16 bits per heavy atom. The zero-order valence-corrected chi connectivity index (χ0v) is 9.36. The van der Waals surface area contributed by atoms with E-state index < -0.39 is 28.1 Å². The van der Waals surface area contributed by atoms with Crippen molar-refractivity contribution in [1.29, 1.82) is 0 Å². The van der Waals surface area contributed by atoms with Crippen LogP contribution in [0.3, 0.4) is 0 Å². The van der Waals surface area contributed by atoms with E-state index in [9.17, 15) is 23.3 Å². The van der Waals surface area contributed by atoms with Crippen molar-refractivity contribution in [2.24, 2.45) is 0 Å². The van der Waals surface area contributed by atoms with Gasteiger partial charge in [0.25, 0.3) is 5.69 Å². The second-order valence-corrected chi connectivity index (χ2v) is 3.70. The second kappa shape index (κ2) is 4.97. The van der Waals surface area contributed by atoms with Crippen LogP contribution in [0.1, 0.15) is 0 Å². The predicted octanol–water partition coefficient (Wildman–Crippen LogP) is 3.76. The molecule has 0 fully saturated rings. The van der Waals surface area contributed by atoms with Gasteiger partial charge in [0, 0.05) is 11.8 Å². The molecule has 98 valence electrons.